The number of ketones is 1. The summed E-state index contributed by atoms with van der Waals surface area (Å²) in [5.74, 6) is 0.0971. The number of hydrogen-bond acceptors (Lipinski definition) is 3. The number of hydrogen-bond donors (Lipinski definition) is 2. The Labute approximate surface area is 74.0 Å². The SMILES string of the molecule is C=C(NCC(C)=O)[C@@H](N)CCC. The average molecular weight is 170 g/mol. The summed E-state index contributed by atoms with van der Waals surface area (Å²) in [7, 11) is 0. The van der Waals surface area contributed by atoms with Crippen LogP contribution in [0.3, 0.4) is 0 Å². The van der Waals surface area contributed by atoms with Gasteiger partial charge < -0.3 is 11.1 Å². The highest BCUT2D eigenvalue weighted by Gasteiger charge is 2.05. The largest absolute Gasteiger partial charge is 0.380 e. The second-order valence-electron chi connectivity index (χ2n) is 2.98. The number of rotatable bonds is 6. The van der Waals surface area contributed by atoms with E-state index in [2.05, 4.69) is 18.8 Å². The van der Waals surface area contributed by atoms with Gasteiger partial charge in [0, 0.05) is 11.7 Å². The lowest BCUT2D eigenvalue weighted by Gasteiger charge is -2.14. The van der Waals surface area contributed by atoms with Crippen molar-refractivity contribution < 1.29 is 4.79 Å². The lowest BCUT2D eigenvalue weighted by molar-refractivity contribution is -0.116. The molecule has 0 unspecified atom stereocenters. The molecule has 0 heterocycles. The van der Waals surface area contributed by atoms with Crippen LogP contribution in [0.25, 0.3) is 0 Å². The summed E-state index contributed by atoms with van der Waals surface area (Å²) in [5.41, 5.74) is 6.50. The molecule has 3 N–H and O–H groups in total. The minimum atomic E-state index is -0.0330. The van der Waals surface area contributed by atoms with Crippen LogP contribution in [-0.4, -0.2) is 18.4 Å². The highest BCUT2D eigenvalue weighted by molar-refractivity contribution is 5.77. The third kappa shape index (κ3) is 4.91. The van der Waals surface area contributed by atoms with Gasteiger partial charge in [-0.05, 0) is 13.3 Å². The zero-order valence-electron chi connectivity index (χ0n) is 7.89. The molecule has 0 radical (unpaired) electrons. The Balaban J connectivity index is 3.64. The van der Waals surface area contributed by atoms with Gasteiger partial charge in [0.25, 0.3) is 0 Å². The van der Waals surface area contributed by atoms with Gasteiger partial charge in [-0.3, -0.25) is 4.79 Å². The van der Waals surface area contributed by atoms with Crippen LogP contribution in [0.15, 0.2) is 12.3 Å². The van der Waals surface area contributed by atoms with Crippen molar-refractivity contribution in [3.8, 4) is 0 Å². The zero-order valence-corrected chi connectivity index (χ0v) is 7.89. The van der Waals surface area contributed by atoms with Gasteiger partial charge in [0.15, 0.2) is 0 Å². The molecule has 0 aromatic rings. The van der Waals surface area contributed by atoms with Gasteiger partial charge >= 0.3 is 0 Å². The van der Waals surface area contributed by atoms with E-state index in [-0.39, 0.29) is 11.8 Å². The molecule has 0 rings (SSSR count). The van der Waals surface area contributed by atoms with Gasteiger partial charge in [-0.15, -0.1) is 0 Å². The minimum Gasteiger partial charge on any atom is -0.380 e. The van der Waals surface area contributed by atoms with E-state index in [0.717, 1.165) is 18.5 Å². The van der Waals surface area contributed by atoms with Crippen molar-refractivity contribution in [2.75, 3.05) is 6.54 Å². The molecular formula is C9H18N2O. The molecule has 12 heavy (non-hydrogen) atoms. The van der Waals surface area contributed by atoms with E-state index in [4.69, 9.17) is 5.73 Å². The maximum atomic E-state index is 10.6. The Kier molecular flexibility index (Phi) is 5.37. The molecule has 0 aliphatic heterocycles. The van der Waals surface area contributed by atoms with E-state index in [0.29, 0.717) is 6.54 Å². The molecule has 0 spiro atoms. The number of carbonyl (C=O) groups is 1. The summed E-state index contributed by atoms with van der Waals surface area (Å²) in [6.45, 7) is 7.69. The first-order valence-electron chi connectivity index (χ1n) is 4.25. The van der Waals surface area contributed by atoms with Crippen molar-refractivity contribution >= 4 is 5.78 Å². The predicted molar refractivity (Wildman–Crippen MR) is 50.7 cm³/mol. The van der Waals surface area contributed by atoms with E-state index >= 15 is 0 Å². The summed E-state index contributed by atoms with van der Waals surface area (Å²) in [6, 6.07) is -0.0330. The average Bonchev–Trinajstić information content (AvgIpc) is 2.00. The Hall–Kier alpha value is -0.830. The van der Waals surface area contributed by atoms with Crippen molar-refractivity contribution in [1.29, 1.82) is 0 Å². The second-order valence-corrected chi connectivity index (χ2v) is 2.98. The third-order valence-corrected chi connectivity index (χ3v) is 1.61. The Morgan fingerprint density at radius 2 is 2.25 bits per heavy atom. The second kappa shape index (κ2) is 5.77. The number of Topliss-reactive ketones (excluding diaryl/α,β-unsaturated/α-hetero) is 1. The summed E-state index contributed by atoms with van der Waals surface area (Å²) in [5, 5.41) is 2.90. The number of nitrogens with two attached hydrogens (primary N) is 1. The molecule has 0 bridgehead atoms. The van der Waals surface area contributed by atoms with Crippen LogP contribution < -0.4 is 11.1 Å². The molecular weight excluding hydrogens is 152 g/mol. The van der Waals surface area contributed by atoms with E-state index in [1.165, 1.54) is 6.92 Å². The van der Waals surface area contributed by atoms with Crippen LogP contribution in [-0.2, 0) is 4.79 Å². The van der Waals surface area contributed by atoms with Gasteiger partial charge in [-0.2, -0.15) is 0 Å². The number of nitrogens with one attached hydrogen (secondary N) is 1. The van der Waals surface area contributed by atoms with Crippen molar-refractivity contribution in [2.24, 2.45) is 5.73 Å². The highest BCUT2D eigenvalue weighted by Crippen LogP contribution is 1.99. The topological polar surface area (TPSA) is 55.1 Å². The standard InChI is InChI=1S/C9H18N2O/c1-4-5-9(10)8(3)11-6-7(2)12/h9,11H,3-6,10H2,1-2H3/t9-/m0/s1. The van der Waals surface area contributed by atoms with Gasteiger partial charge in [0.05, 0.1) is 6.54 Å². The van der Waals surface area contributed by atoms with Crippen LogP contribution in [0.4, 0.5) is 0 Å². The summed E-state index contributed by atoms with van der Waals surface area (Å²) in [6.07, 6.45) is 1.94. The fourth-order valence-corrected chi connectivity index (χ4v) is 0.854. The van der Waals surface area contributed by atoms with Crippen LogP contribution in [0.2, 0.25) is 0 Å². The number of carbonyl (C=O) groups excluding carboxylic acids is 1. The van der Waals surface area contributed by atoms with Crippen molar-refractivity contribution in [1.82, 2.24) is 5.32 Å². The Bertz CT molecular complexity index is 166. The summed E-state index contributed by atoms with van der Waals surface area (Å²) < 4.78 is 0. The lowest BCUT2D eigenvalue weighted by atomic mass is 10.1. The monoisotopic (exact) mass is 170 g/mol. The zero-order chi connectivity index (χ0) is 9.56. The lowest BCUT2D eigenvalue weighted by Crippen LogP contribution is -2.32. The van der Waals surface area contributed by atoms with Crippen LogP contribution in [0.5, 0.6) is 0 Å². The maximum absolute atomic E-state index is 10.6. The smallest absolute Gasteiger partial charge is 0.148 e. The fourth-order valence-electron chi connectivity index (χ4n) is 0.854. The van der Waals surface area contributed by atoms with Gasteiger partial charge in [-0.25, -0.2) is 0 Å². The van der Waals surface area contributed by atoms with E-state index in [1.807, 2.05) is 0 Å². The maximum Gasteiger partial charge on any atom is 0.148 e. The van der Waals surface area contributed by atoms with Crippen molar-refractivity contribution in [3.63, 3.8) is 0 Å². The molecule has 0 aliphatic rings. The van der Waals surface area contributed by atoms with Gasteiger partial charge in [0.2, 0.25) is 0 Å². The minimum absolute atomic E-state index is 0.0330. The van der Waals surface area contributed by atoms with Gasteiger partial charge in [0.1, 0.15) is 5.78 Å². The van der Waals surface area contributed by atoms with Crippen molar-refractivity contribution in [2.45, 2.75) is 32.7 Å². The first-order chi connectivity index (χ1) is 5.57. The first-order valence-corrected chi connectivity index (χ1v) is 4.25. The molecule has 0 saturated carbocycles. The van der Waals surface area contributed by atoms with Crippen LogP contribution in [0.1, 0.15) is 26.7 Å². The molecule has 0 aliphatic carbocycles. The Morgan fingerprint density at radius 1 is 1.67 bits per heavy atom. The molecule has 3 heteroatoms. The predicted octanol–water partition coefficient (Wildman–Crippen LogP) is 0.806. The molecule has 70 valence electrons. The normalized spacial score (nSPS) is 12.2. The van der Waals surface area contributed by atoms with Crippen molar-refractivity contribution in [3.05, 3.63) is 12.3 Å². The highest BCUT2D eigenvalue weighted by atomic mass is 16.1. The van der Waals surface area contributed by atoms with E-state index in [9.17, 15) is 4.79 Å². The summed E-state index contributed by atoms with van der Waals surface area (Å²) in [4.78, 5) is 10.6. The third-order valence-electron chi connectivity index (χ3n) is 1.61. The fraction of sp³-hybridized carbons (Fsp3) is 0.667. The molecule has 0 saturated heterocycles. The first kappa shape index (κ1) is 11.2. The van der Waals surface area contributed by atoms with Gasteiger partial charge in [-0.1, -0.05) is 19.9 Å². The molecule has 1 atom stereocenters. The molecule has 3 nitrogen and oxygen atoms in total. The van der Waals surface area contributed by atoms with Crippen LogP contribution in [0, 0.1) is 0 Å². The van der Waals surface area contributed by atoms with E-state index < -0.39 is 0 Å². The van der Waals surface area contributed by atoms with E-state index in [1.54, 1.807) is 0 Å². The van der Waals surface area contributed by atoms with Crippen LogP contribution >= 0.6 is 0 Å². The Morgan fingerprint density at radius 3 is 2.67 bits per heavy atom. The molecule has 0 amide bonds. The molecule has 0 fully saturated rings. The summed E-state index contributed by atoms with van der Waals surface area (Å²) >= 11 is 0. The quantitative estimate of drug-likeness (QED) is 0.620. The molecule has 0 aromatic heterocycles. The molecule has 0 aromatic carbocycles.